The van der Waals surface area contributed by atoms with Crippen molar-refractivity contribution in [3.05, 3.63) is 53.1 Å². The summed E-state index contributed by atoms with van der Waals surface area (Å²) < 4.78 is 54.7. The summed E-state index contributed by atoms with van der Waals surface area (Å²) in [6.07, 6.45) is 1.70. The van der Waals surface area contributed by atoms with Crippen molar-refractivity contribution < 1.29 is 16.8 Å². The van der Waals surface area contributed by atoms with Crippen LogP contribution in [0.2, 0.25) is 0 Å². The molecular weight excluding hydrogens is 384 g/mol. The van der Waals surface area contributed by atoms with Gasteiger partial charge in [0.15, 0.2) is 0 Å². The summed E-state index contributed by atoms with van der Waals surface area (Å²) in [5.41, 5.74) is 3.28. The summed E-state index contributed by atoms with van der Waals surface area (Å²) in [6.45, 7) is 6.68. The van der Waals surface area contributed by atoms with Gasteiger partial charge in [-0.1, -0.05) is 17.7 Å². The second-order valence-corrected chi connectivity index (χ2v) is 10.6. The highest BCUT2D eigenvalue weighted by Gasteiger charge is 2.27. The first-order valence-corrected chi connectivity index (χ1v) is 11.7. The van der Waals surface area contributed by atoms with Crippen LogP contribution in [0.25, 0.3) is 0 Å². The van der Waals surface area contributed by atoms with Gasteiger partial charge in [0.05, 0.1) is 15.5 Å². The highest BCUT2D eigenvalue weighted by atomic mass is 32.2. The molecule has 27 heavy (non-hydrogen) atoms. The van der Waals surface area contributed by atoms with Gasteiger partial charge in [-0.25, -0.2) is 16.8 Å². The third-order valence-electron chi connectivity index (χ3n) is 4.75. The molecule has 0 aliphatic carbocycles. The fraction of sp³-hybridized carbons (Fsp3) is 0.368. The molecule has 8 heteroatoms. The van der Waals surface area contributed by atoms with Crippen molar-refractivity contribution in [3.63, 3.8) is 0 Å². The van der Waals surface area contributed by atoms with Crippen molar-refractivity contribution in [2.75, 3.05) is 17.8 Å². The molecule has 2 aromatic carbocycles. The highest BCUT2D eigenvalue weighted by molar-refractivity contribution is 7.92. The Hall–Kier alpha value is -1.90. The van der Waals surface area contributed by atoms with E-state index in [9.17, 15) is 16.8 Å². The van der Waals surface area contributed by atoms with Gasteiger partial charge >= 0.3 is 0 Å². The zero-order chi connectivity index (χ0) is 19.8. The third kappa shape index (κ3) is 4.02. The second kappa shape index (κ2) is 7.26. The van der Waals surface area contributed by atoms with E-state index in [-0.39, 0.29) is 9.79 Å². The molecule has 6 nitrogen and oxygen atoms in total. The maximum atomic E-state index is 12.7. The first-order valence-electron chi connectivity index (χ1n) is 8.82. The number of aryl methyl sites for hydroxylation is 3. The van der Waals surface area contributed by atoms with Crippen LogP contribution >= 0.6 is 0 Å². The van der Waals surface area contributed by atoms with Gasteiger partial charge in [-0.3, -0.25) is 4.72 Å². The molecule has 1 N–H and O–H groups in total. The summed E-state index contributed by atoms with van der Waals surface area (Å²) in [5.74, 6) is 0. The van der Waals surface area contributed by atoms with E-state index >= 15 is 0 Å². The van der Waals surface area contributed by atoms with Gasteiger partial charge in [-0.05, 0) is 69.0 Å². The molecule has 0 aromatic heterocycles. The number of nitrogens with zero attached hydrogens (tertiary/aromatic N) is 1. The summed E-state index contributed by atoms with van der Waals surface area (Å²) in [5, 5.41) is 0. The lowest BCUT2D eigenvalue weighted by Gasteiger charge is -2.16. The van der Waals surface area contributed by atoms with Crippen molar-refractivity contribution in [1.82, 2.24) is 4.31 Å². The van der Waals surface area contributed by atoms with Crippen LogP contribution in [0, 0.1) is 20.8 Å². The third-order valence-corrected chi connectivity index (χ3v) is 8.03. The molecule has 0 spiro atoms. The predicted molar refractivity (Wildman–Crippen MR) is 106 cm³/mol. The maximum absolute atomic E-state index is 12.7. The smallest absolute Gasteiger partial charge is 0.261 e. The zero-order valence-electron chi connectivity index (χ0n) is 15.7. The first-order chi connectivity index (χ1) is 12.6. The Morgan fingerprint density at radius 1 is 0.815 bits per heavy atom. The fourth-order valence-electron chi connectivity index (χ4n) is 3.40. The first kappa shape index (κ1) is 19.9. The molecule has 1 saturated heterocycles. The van der Waals surface area contributed by atoms with Gasteiger partial charge in [-0.2, -0.15) is 4.31 Å². The van der Waals surface area contributed by atoms with Crippen molar-refractivity contribution >= 4 is 25.7 Å². The molecule has 0 radical (unpaired) electrons. The van der Waals surface area contributed by atoms with Crippen LogP contribution in [0.15, 0.2) is 46.2 Å². The van der Waals surface area contributed by atoms with E-state index in [1.807, 2.05) is 32.9 Å². The molecule has 1 aliphatic heterocycles. The lowest BCUT2D eigenvalue weighted by atomic mass is 10.1. The van der Waals surface area contributed by atoms with Crippen molar-refractivity contribution in [3.8, 4) is 0 Å². The van der Waals surface area contributed by atoms with E-state index in [1.54, 1.807) is 0 Å². The predicted octanol–water partition coefficient (Wildman–Crippen LogP) is 3.20. The standard InChI is InChI=1S/C19H24N2O4S2/c1-14-12-15(2)19(16(3)13-14)20-26(22,23)17-6-8-18(9-7-17)27(24,25)21-10-4-5-11-21/h6-9,12-13,20H,4-5,10-11H2,1-3H3. The van der Waals surface area contributed by atoms with E-state index in [1.165, 1.54) is 28.6 Å². The van der Waals surface area contributed by atoms with Crippen LogP contribution in [-0.2, 0) is 20.0 Å². The lowest BCUT2D eigenvalue weighted by molar-refractivity contribution is 0.477. The number of nitrogens with one attached hydrogen (secondary N) is 1. The topological polar surface area (TPSA) is 83.5 Å². The Balaban J connectivity index is 1.88. The Labute approximate surface area is 161 Å². The average Bonchev–Trinajstić information content (AvgIpc) is 3.14. The molecule has 2 aromatic rings. The van der Waals surface area contributed by atoms with Crippen molar-refractivity contribution in [2.24, 2.45) is 0 Å². The molecule has 3 rings (SSSR count). The van der Waals surface area contributed by atoms with E-state index in [4.69, 9.17) is 0 Å². The van der Waals surface area contributed by atoms with Gasteiger partial charge in [0.2, 0.25) is 10.0 Å². The molecule has 1 aliphatic rings. The van der Waals surface area contributed by atoms with Crippen molar-refractivity contribution in [2.45, 2.75) is 43.4 Å². The number of rotatable bonds is 5. The zero-order valence-corrected chi connectivity index (χ0v) is 17.3. The molecule has 1 heterocycles. The minimum atomic E-state index is -3.81. The minimum Gasteiger partial charge on any atom is -0.279 e. The summed E-state index contributed by atoms with van der Waals surface area (Å²) >= 11 is 0. The van der Waals surface area contributed by atoms with Gasteiger partial charge in [0, 0.05) is 13.1 Å². The fourth-order valence-corrected chi connectivity index (χ4v) is 6.12. The van der Waals surface area contributed by atoms with Crippen LogP contribution in [0.3, 0.4) is 0 Å². The second-order valence-electron chi connectivity index (χ2n) is 6.96. The van der Waals surface area contributed by atoms with Crippen LogP contribution in [-0.4, -0.2) is 34.2 Å². The minimum absolute atomic E-state index is 0.0299. The largest absolute Gasteiger partial charge is 0.279 e. The Morgan fingerprint density at radius 2 is 1.30 bits per heavy atom. The molecule has 0 saturated carbocycles. The Morgan fingerprint density at radius 3 is 1.81 bits per heavy atom. The van der Waals surface area contributed by atoms with Crippen LogP contribution < -0.4 is 4.72 Å². The Kier molecular flexibility index (Phi) is 5.33. The molecular formula is C19H24N2O4S2. The summed E-state index contributed by atoms with van der Waals surface area (Å²) in [4.78, 5) is 0.147. The van der Waals surface area contributed by atoms with Crippen LogP contribution in [0.5, 0.6) is 0 Å². The summed E-state index contributed by atoms with van der Waals surface area (Å²) in [6, 6.07) is 9.22. The Bertz CT molecular complexity index is 1030. The maximum Gasteiger partial charge on any atom is 0.261 e. The van der Waals surface area contributed by atoms with Gasteiger partial charge in [0.1, 0.15) is 0 Å². The van der Waals surface area contributed by atoms with Crippen LogP contribution in [0.4, 0.5) is 5.69 Å². The monoisotopic (exact) mass is 408 g/mol. The van der Waals surface area contributed by atoms with E-state index in [2.05, 4.69) is 4.72 Å². The van der Waals surface area contributed by atoms with Crippen molar-refractivity contribution in [1.29, 1.82) is 0 Å². The van der Waals surface area contributed by atoms with Gasteiger partial charge in [-0.15, -0.1) is 0 Å². The molecule has 0 bridgehead atoms. The number of benzene rings is 2. The molecule has 0 amide bonds. The van der Waals surface area contributed by atoms with Crippen LogP contribution in [0.1, 0.15) is 29.5 Å². The molecule has 0 unspecified atom stereocenters. The van der Waals surface area contributed by atoms with Gasteiger partial charge in [0.25, 0.3) is 10.0 Å². The van der Waals surface area contributed by atoms with Gasteiger partial charge < -0.3 is 0 Å². The highest BCUT2D eigenvalue weighted by Crippen LogP contribution is 2.26. The normalized spacial score (nSPS) is 15.8. The van der Waals surface area contributed by atoms with E-state index in [0.29, 0.717) is 18.8 Å². The molecule has 146 valence electrons. The number of anilines is 1. The number of sulfonamides is 2. The number of hydrogen-bond acceptors (Lipinski definition) is 4. The van der Waals surface area contributed by atoms with E-state index < -0.39 is 20.0 Å². The van der Waals surface area contributed by atoms with E-state index in [0.717, 1.165) is 29.5 Å². The number of hydrogen-bond donors (Lipinski definition) is 1. The average molecular weight is 409 g/mol. The molecule has 1 fully saturated rings. The summed E-state index contributed by atoms with van der Waals surface area (Å²) in [7, 11) is -7.37. The molecule has 0 atom stereocenters. The SMILES string of the molecule is Cc1cc(C)c(NS(=O)(=O)c2ccc(S(=O)(=O)N3CCCC3)cc2)c(C)c1. The quantitative estimate of drug-likeness (QED) is 0.823. The lowest BCUT2D eigenvalue weighted by Crippen LogP contribution is -2.27.